The first-order valence-electron chi connectivity index (χ1n) is 11.2. The van der Waals surface area contributed by atoms with Gasteiger partial charge in [0, 0.05) is 42.7 Å². The SMILES string of the molecule is Cc1cn(-c2ccc3n(c2=O)CCN(CC24C[C@@H]2COc2c(Cl)cc(C(F)(F)F)cc24)C3=O)cn1. The Morgan fingerprint density at radius 1 is 1.23 bits per heavy atom. The van der Waals surface area contributed by atoms with Crippen LogP contribution in [0.4, 0.5) is 13.2 Å². The quantitative estimate of drug-likeness (QED) is 0.544. The molecule has 35 heavy (non-hydrogen) atoms. The monoisotopic (exact) mass is 504 g/mol. The molecule has 2 aromatic heterocycles. The third kappa shape index (κ3) is 3.37. The summed E-state index contributed by atoms with van der Waals surface area (Å²) in [5.74, 6) is -0.0686. The van der Waals surface area contributed by atoms with Crippen LogP contribution in [0.15, 0.2) is 41.6 Å². The van der Waals surface area contributed by atoms with Crippen molar-refractivity contribution < 1.29 is 22.7 Å². The number of rotatable bonds is 3. The smallest absolute Gasteiger partial charge is 0.416 e. The molecule has 1 fully saturated rings. The summed E-state index contributed by atoms with van der Waals surface area (Å²) in [4.78, 5) is 32.2. The van der Waals surface area contributed by atoms with Crippen LogP contribution >= 0.6 is 11.6 Å². The number of pyridine rings is 1. The fraction of sp³-hybridized carbons (Fsp3) is 0.375. The minimum absolute atomic E-state index is 0.00155. The average molecular weight is 505 g/mol. The second kappa shape index (κ2) is 7.36. The second-order valence-electron chi connectivity index (χ2n) is 9.41. The van der Waals surface area contributed by atoms with Crippen LogP contribution in [0.2, 0.25) is 5.02 Å². The fourth-order valence-electron chi connectivity index (χ4n) is 5.37. The molecule has 182 valence electrons. The van der Waals surface area contributed by atoms with E-state index in [9.17, 15) is 22.8 Å². The highest BCUT2D eigenvalue weighted by molar-refractivity contribution is 6.32. The molecule has 0 saturated heterocycles. The number of amides is 1. The highest BCUT2D eigenvalue weighted by atomic mass is 35.5. The number of benzene rings is 1. The Morgan fingerprint density at radius 2 is 2.03 bits per heavy atom. The number of hydrogen-bond donors (Lipinski definition) is 0. The van der Waals surface area contributed by atoms with Gasteiger partial charge in [0.05, 0.1) is 29.2 Å². The van der Waals surface area contributed by atoms with Gasteiger partial charge in [-0.2, -0.15) is 13.2 Å². The number of aryl methyl sites for hydroxylation is 1. The van der Waals surface area contributed by atoms with Gasteiger partial charge < -0.3 is 18.8 Å². The molecule has 1 amide bonds. The fourth-order valence-corrected chi connectivity index (χ4v) is 5.64. The number of halogens is 4. The molecule has 0 radical (unpaired) electrons. The van der Waals surface area contributed by atoms with Gasteiger partial charge in [-0.05, 0) is 37.6 Å². The van der Waals surface area contributed by atoms with E-state index in [0.29, 0.717) is 24.3 Å². The summed E-state index contributed by atoms with van der Waals surface area (Å²) < 4.78 is 49.2. The van der Waals surface area contributed by atoms with Crippen molar-refractivity contribution in [3.63, 3.8) is 0 Å². The van der Waals surface area contributed by atoms with Crippen LogP contribution in [0.3, 0.4) is 0 Å². The van der Waals surface area contributed by atoms with E-state index in [-0.39, 0.29) is 53.5 Å². The van der Waals surface area contributed by atoms with E-state index in [1.165, 1.54) is 4.57 Å². The average Bonchev–Trinajstić information content (AvgIpc) is 3.37. The summed E-state index contributed by atoms with van der Waals surface area (Å²) in [6.07, 6.45) is -0.664. The number of nitrogens with zero attached hydrogens (tertiary/aromatic N) is 4. The number of carbonyl (C=O) groups excluding carboxylic acids is 1. The van der Waals surface area contributed by atoms with Crippen LogP contribution in [0.5, 0.6) is 5.75 Å². The third-order valence-electron chi connectivity index (χ3n) is 7.29. The van der Waals surface area contributed by atoms with Crippen molar-refractivity contribution in [3.05, 3.63) is 74.7 Å². The van der Waals surface area contributed by atoms with Crippen molar-refractivity contribution in [3.8, 4) is 11.4 Å². The van der Waals surface area contributed by atoms with Gasteiger partial charge in [-0.3, -0.25) is 9.59 Å². The Morgan fingerprint density at radius 3 is 2.74 bits per heavy atom. The molecule has 2 atom stereocenters. The first-order chi connectivity index (χ1) is 16.6. The van der Waals surface area contributed by atoms with Gasteiger partial charge in [0.25, 0.3) is 11.5 Å². The van der Waals surface area contributed by atoms with Gasteiger partial charge in [0.1, 0.15) is 17.1 Å². The molecule has 1 aromatic carbocycles. The molecule has 4 heterocycles. The first kappa shape index (κ1) is 22.2. The number of hydrogen-bond acceptors (Lipinski definition) is 4. The standard InChI is InChI=1S/C24H20ClF3N4O3/c1-13-9-31(12-29-13)18-2-3-19-21(33)30(4-5-32(19)22(18)34)11-23-8-15(23)10-35-20-16(23)6-14(7-17(20)25)24(26,27)28/h2-3,6-7,9,12,15H,4-5,8,10-11H2,1H3/t15-,23?/m1/s1. The van der Waals surface area contributed by atoms with Gasteiger partial charge in [0.2, 0.25) is 0 Å². The van der Waals surface area contributed by atoms with Crippen LogP contribution in [-0.2, 0) is 18.1 Å². The number of carbonyl (C=O) groups is 1. The van der Waals surface area contributed by atoms with E-state index in [0.717, 1.165) is 17.8 Å². The Bertz CT molecular complexity index is 1450. The molecule has 2 aliphatic heterocycles. The molecule has 1 saturated carbocycles. The maximum Gasteiger partial charge on any atom is 0.416 e. The molecule has 0 bridgehead atoms. The van der Waals surface area contributed by atoms with Crippen molar-refractivity contribution in [1.29, 1.82) is 0 Å². The zero-order chi connectivity index (χ0) is 24.7. The Hall–Kier alpha value is -3.27. The predicted molar refractivity (Wildman–Crippen MR) is 120 cm³/mol. The van der Waals surface area contributed by atoms with Crippen molar-refractivity contribution >= 4 is 17.5 Å². The summed E-state index contributed by atoms with van der Waals surface area (Å²) >= 11 is 6.17. The molecule has 1 unspecified atom stereocenters. The first-order valence-corrected chi connectivity index (χ1v) is 11.5. The minimum atomic E-state index is -4.55. The molecule has 11 heteroatoms. The normalized spacial score (nSPS) is 22.8. The lowest BCUT2D eigenvalue weighted by Crippen LogP contribution is -2.48. The molecule has 3 aliphatic rings. The molecule has 7 nitrogen and oxygen atoms in total. The Balaban J connectivity index is 1.33. The molecule has 0 spiro atoms. The van der Waals surface area contributed by atoms with Gasteiger partial charge >= 0.3 is 6.18 Å². The number of alkyl halides is 3. The molecular formula is C24H20ClF3N4O3. The number of imidazole rings is 1. The third-order valence-corrected chi connectivity index (χ3v) is 7.57. The van der Waals surface area contributed by atoms with Gasteiger partial charge in [-0.15, -0.1) is 0 Å². The number of aromatic nitrogens is 3. The molecule has 1 aliphatic carbocycles. The van der Waals surface area contributed by atoms with Crippen molar-refractivity contribution in [1.82, 2.24) is 19.0 Å². The summed E-state index contributed by atoms with van der Waals surface area (Å²) in [6, 6.07) is 5.19. The van der Waals surface area contributed by atoms with E-state index < -0.39 is 17.2 Å². The van der Waals surface area contributed by atoms with Crippen molar-refractivity contribution in [2.45, 2.75) is 31.5 Å². The molecule has 3 aromatic rings. The van der Waals surface area contributed by atoms with E-state index in [1.54, 1.807) is 34.1 Å². The molecule has 6 rings (SSSR count). The largest absolute Gasteiger partial charge is 0.491 e. The lowest BCUT2D eigenvalue weighted by atomic mass is 9.88. The van der Waals surface area contributed by atoms with Crippen molar-refractivity contribution in [2.24, 2.45) is 5.92 Å². The summed E-state index contributed by atoms with van der Waals surface area (Å²) in [5.41, 5.74) is 0.0294. The van der Waals surface area contributed by atoms with Crippen molar-refractivity contribution in [2.75, 3.05) is 19.7 Å². The van der Waals surface area contributed by atoms with E-state index in [4.69, 9.17) is 16.3 Å². The highest BCUT2D eigenvalue weighted by Gasteiger charge is 2.61. The zero-order valence-electron chi connectivity index (χ0n) is 18.6. The Labute approximate surface area is 202 Å². The summed E-state index contributed by atoms with van der Waals surface area (Å²) in [5, 5.41) is -0.0799. The highest BCUT2D eigenvalue weighted by Crippen LogP contribution is 2.61. The molecular weight excluding hydrogens is 485 g/mol. The predicted octanol–water partition coefficient (Wildman–Crippen LogP) is 3.82. The maximum absolute atomic E-state index is 13.5. The van der Waals surface area contributed by atoms with E-state index >= 15 is 0 Å². The summed E-state index contributed by atoms with van der Waals surface area (Å²) in [6.45, 7) is 2.95. The van der Waals surface area contributed by atoms with E-state index in [1.807, 2.05) is 6.92 Å². The van der Waals surface area contributed by atoms with Crippen LogP contribution < -0.4 is 10.3 Å². The second-order valence-corrected chi connectivity index (χ2v) is 9.82. The van der Waals surface area contributed by atoms with Gasteiger partial charge in [0.15, 0.2) is 0 Å². The van der Waals surface area contributed by atoms with E-state index in [2.05, 4.69) is 4.98 Å². The summed E-state index contributed by atoms with van der Waals surface area (Å²) in [7, 11) is 0. The minimum Gasteiger partial charge on any atom is -0.491 e. The van der Waals surface area contributed by atoms with Crippen LogP contribution in [0.25, 0.3) is 5.69 Å². The lowest BCUT2D eigenvalue weighted by Gasteiger charge is -2.35. The van der Waals surface area contributed by atoms with Crippen LogP contribution in [0.1, 0.15) is 33.7 Å². The zero-order valence-corrected chi connectivity index (χ0v) is 19.4. The van der Waals surface area contributed by atoms with Gasteiger partial charge in [-0.25, -0.2) is 4.98 Å². The maximum atomic E-state index is 13.5. The number of ether oxygens (including phenoxy) is 1. The van der Waals surface area contributed by atoms with Crippen LogP contribution in [0, 0.1) is 12.8 Å². The Kier molecular flexibility index (Phi) is 4.67. The van der Waals surface area contributed by atoms with Crippen LogP contribution in [-0.4, -0.2) is 44.6 Å². The van der Waals surface area contributed by atoms with Gasteiger partial charge in [-0.1, -0.05) is 11.6 Å². The number of fused-ring (bicyclic) bond motifs is 4. The lowest BCUT2D eigenvalue weighted by molar-refractivity contribution is -0.137. The topological polar surface area (TPSA) is 69.4 Å². The molecule has 0 N–H and O–H groups in total.